The van der Waals surface area contributed by atoms with Crippen LogP contribution in [0.2, 0.25) is 5.02 Å². The molecule has 0 aliphatic heterocycles. The number of hydrogen-bond acceptors (Lipinski definition) is 3. The van der Waals surface area contributed by atoms with Gasteiger partial charge in [-0.25, -0.2) is 0 Å². The number of aryl methyl sites for hydroxylation is 2. The van der Waals surface area contributed by atoms with Crippen LogP contribution in [0.3, 0.4) is 0 Å². The van der Waals surface area contributed by atoms with E-state index in [0.29, 0.717) is 12.2 Å². The van der Waals surface area contributed by atoms with Crippen molar-refractivity contribution < 1.29 is 5.11 Å². The molecule has 1 atom stereocenters. The minimum atomic E-state index is -0.414. The van der Waals surface area contributed by atoms with Crippen molar-refractivity contribution in [1.82, 2.24) is 9.78 Å². The maximum Gasteiger partial charge on any atom is 0.0738 e. The van der Waals surface area contributed by atoms with Crippen LogP contribution in [0.15, 0.2) is 33.6 Å². The largest absolute Gasteiger partial charge is 0.392 e. The van der Waals surface area contributed by atoms with Gasteiger partial charge in [0.05, 0.1) is 22.0 Å². The minimum Gasteiger partial charge on any atom is -0.392 e. The van der Waals surface area contributed by atoms with Crippen LogP contribution in [0.25, 0.3) is 0 Å². The first-order valence-corrected chi connectivity index (χ1v) is 8.95. The van der Waals surface area contributed by atoms with Gasteiger partial charge in [0.2, 0.25) is 0 Å². The average Bonchev–Trinajstić information content (AvgIpc) is 2.74. The number of aliphatic hydroxyl groups excluding tert-OH is 1. The predicted octanol–water partition coefficient (Wildman–Crippen LogP) is 4.32. The Labute approximate surface area is 142 Å². The second-order valence-electron chi connectivity index (χ2n) is 4.78. The van der Waals surface area contributed by atoms with Crippen molar-refractivity contribution in [2.24, 2.45) is 0 Å². The molecule has 1 unspecified atom stereocenters. The van der Waals surface area contributed by atoms with Crippen LogP contribution in [-0.4, -0.2) is 26.7 Å². The Morgan fingerprint density at radius 1 is 1.38 bits per heavy atom. The summed E-state index contributed by atoms with van der Waals surface area (Å²) in [7, 11) is 0. The lowest BCUT2D eigenvalue weighted by Gasteiger charge is -2.12. The number of hydrogen-bond donors (Lipinski definition) is 1. The molecule has 6 heteroatoms. The molecule has 0 aliphatic rings. The fraction of sp³-hybridized carbons (Fsp3) is 0.400. The number of aromatic nitrogens is 2. The molecule has 2 rings (SSSR count). The zero-order chi connectivity index (χ0) is 15.4. The number of benzene rings is 1. The molecule has 21 heavy (non-hydrogen) atoms. The predicted molar refractivity (Wildman–Crippen MR) is 92.2 cm³/mol. The Bertz CT molecular complexity index is 600. The summed E-state index contributed by atoms with van der Waals surface area (Å²) < 4.78 is 2.94. The Balaban J connectivity index is 1.95. The quantitative estimate of drug-likeness (QED) is 0.748. The van der Waals surface area contributed by atoms with E-state index in [9.17, 15) is 5.11 Å². The molecule has 0 fully saturated rings. The SMILES string of the molecule is CCn1nc(C)c(Br)c1CC(O)CSc1ccc(Cl)cc1. The number of thioether (sulfide) groups is 1. The highest BCUT2D eigenvalue weighted by atomic mass is 79.9. The molecule has 0 aliphatic carbocycles. The van der Waals surface area contributed by atoms with Gasteiger partial charge in [0.1, 0.15) is 0 Å². The molecular formula is C15H18BrClN2OS. The van der Waals surface area contributed by atoms with Crippen LogP contribution in [0, 0.1) is 6.92 Å². The van der Waals surface area contributed by atoms with E-state index in [0.717, 1.165) is 32.3 Å². The molecule has 0 bridgehead atoms. The molecule has 1 N–H and O–H groups in total. The van der Waals surface area contributed by atoms with E-state index in [-0.39, 0.29) is 0 Å². The molecule has 1 aromatic carbocycles. The molecule has 1 aromatic heterocycles. The first kappa shape index (κ1) is 16.9. The van der Waals surface area contributed by atoms with Gasteiger partial charge >= 0.3 is 0 Å². The minimum absolute atomic E-state index is 0.414. The summed E-state index contributed by atoms with van der Waals surface area (Å²) in [4.78, 5) is 1.11. The second kappa shape index (κ2) is 7.68. The van der Waals surface area contributed by atoms with Crippen molar-refractivity contribution in [2.75, 3.05) is 5.75 Å². The lowest BCUT2D eigenvalue weighted by Crippen LogP contribution is -2.17. The summed E-state index contributed by atoms with van der Waals surface area (Å²) in [6.45, 7) is 4.82. The third kappa shape index (κ3) is 4.49. The highest BCUT2D eigenvalue weighted by molar-refractivity contribution is 9.10. The molecule has 0 spiro atoms. The van der Waals surface area contributed by atoms with E-state index in [1.165, 1.54) is 0 Å². The Kier molecular flexibility index (Phi) is 6.17. The zero-order valence-electron chi connectivity index (χ0n) is 12.0. The summed E-state index contributed by atoms with van der Waals surface area (Å²) in [5, 5.41) is 15.4. The van der Waals surface area contributed by atoms with Gasteiger partial charge in [-0.15, -0.1) is 11.8 Å². The maximum absolute atomic E-state index is 10.3. The van der Waals surface area contributed by atoms with Crippen molar-refractivity contribution in [3.63, 3.8) is 0 Å². The summed E-state index contributed by atoms with van der Waals surface area (Å²) >= 11 is 11.0. The number of aliphatic hydroxyl groups is 1. The van der Waals surface area contributed by atoms with Crippen LogP contribution < -0.4 is 0 Å². The van der Waals surface area contributed by atoms with Crippen LogP contribution >= 0.6 is 39.3 Å². The van der Waals surface area contributed by atoms with Crippen molar-refractivity contribution in [1.29, 1.82) is 0 Å². The van der Waals surface area contributed by atoms with Crippen LogP contribution in [0.5, 0.6) is 0 Å². The van der Waals surface area contributed by atoms with Gasteiger partial charge in [-0.05, 0) is 54.0 Å². The lowest BCUT2D eigenvalue weighted by atomic mass is 10.2. The molecule has 0 saturated heterocycles. The maximum atomic E-state index is 10.3. The number of rotatable bonds is 6. The molecule has 0 amide bonds. The van der Waals surface area contributed by atoms with Crippen molar-refractivity contribution in [3.05, 3.63) is 45.1 Å². The highest BCUT2D eigenvalue weighted by Crippen LogP contribution is 2.25. The van der Waals surface area contributed by atoms with E-state index in [2.05, 4.69) is 28.0 Å². The summed E-state index contributed by atoms with van der Waals surface area (Å²) in [6, 6.07) is 7.66. The van der Waals surface area contributed by atoms with Gasteiger partial charge in [-0.2, -0.15) is 5.10 Å². The van der Waals surface area contributed by atoms with E-state index in [1.54, 1.807) is 11.8 Å². The zero-order valence-corrected chi connectivity index (χ0v) is 15.2. The summed E-state index contributed by atoms with van der Waals surface area (Å²) in [5.74, 6) is 0.641. The topological polar surface area (TPSA) is 38.0 Å². The number of halogens is 2. The molecule has 2 aromatic rings. The number of nitrogens with zero attached hydrogens (tertiary/aromatic N) is 2. The molecule has 0 saturated carbocycles. The second-order valence-corrected chi connectivity index (χ2v) is 7.11. The van der Waals surface area contributed by atoms with Gasteiger partial charge in [0, 0.05) is 28.6 Å². The summed E-state index contributed by atoms with van der Waals surface area (Å²) in [5.41, 5.74) is 2.02. The van der Waals surface area contributed by atoms with Crippen molar-refractivity contribution >= 4 is 39.3 Å². The molecule has 3 nitrogen and oxygen atoms in total. The van der Waals surface area contributed by atoms with Gasteiger partial charge in [0.15, 0.2) is 0 Å². The molecule has 1 heterocycles. The average molecular weight is 390 g/mol. The third-order valence-electron chi connectivity index (χ3n) is 3.14. The third-order valence-corrected chi connectivity index (χ3v) is 5.58. The van der Waals surface area contributed by atoms with Gasteiger partial charge in [0.25, 0.3) is 0 Å². The fourth-order valence-corrected chi connectivity index (χ4v) is 3.47. The molecular weight excluding hydrogens is 372 g/mol. The van der Waals surface area contributed by atoms with Crippen LogP contribution in [-0.2, 0) is 13.0 Å². The molecule has 0 radical (unpaired) electrons. The van der Waals surface area contributed by atoms with Gasteiger partial charge < -0.3 is 5.11 Å². The highest BCUT2D eigenvalue weighted by Gasteiger charge is 2.16. The lowest BCUT2D eigenvalue weighted by molar-refractivity contribution is 0.196. The normalized spacial score (nSPS) is 12.6. The smallest absolute Gasteiger partial charge is 0.0738 e. The Morgan fingerprint density at radius 2 is 2.05 bits per heavy atom. The first-order chi connectivity index (χ1) is 10.0. The Morgan fingerprint density at radius 3 is 2.67 bits per heavy atom. The van der Waals surface area contributed by atoms with Gasteiger partial charge in [-0.1, -0.05) is 11.6 Å². The van der Waals surface area contributed by atoms with E-state index in [4.69, 9.17) is 11.6 Å². The monoisotopic (exact) mass is 388 g/mol. The standard InChI is InChI=1S/C15H18BrClN2OS/c1-3-19-14(15(16)10(2)18-19)8-12(20)9-21-13-6-4-11(17)5-7-13/h4-7,12,20H,3,8-9H2,1-2H3. The molecule has 114 valence electrons. The van der Waals surface area contributed by atoms with Crippen LogP contribution in [0.4, 0.5) is 0 Å². The van der Waals surface area contributed by atoms with E-state index < -0.39 is 6.10 Å². The van der Waals surface area contributed by atoms with Gasteiger partial charge in [-0.3, -0.25) is 4.68 Å². The Hall–Kier alpha value is -0.490. The van der Waals surface area contributed by atoms with Crippen molar-refractivity contribution in [2.45, 2.75) is 37.8 Å². The van der Waals surface area contributed by atoms with E-state index in [1.807, 2.05) is 35.9 Å². The fourth-order valence-electron chi connectivity index (χ4n) is 2.07. The van der Waals surface area contributed by atoms with Crippen molar-refractivity contribution in [3.8, 4) is 0 Å². The first-order valence-electron chi connectivity index (χ1n) is 6.79. The summed E-state index contributed by atoms with van der Waals surface area (Å²) in [6.07, 6.45) is 0.180. The van der Waals surface area contributed by atoms with E-state index >= 15 is 0 Å². The van der Waals surface area contributed by atoms with Crippen LogP contribution in [0.1, 0.15) is 18.3 Å².